The van der Waals surface area contributed by atoms with E-state index >= 15 is 0 Å². The number of nitrogens with zero attached hydrogens (tertiary/aromatic N) is 1. The molecular weight excluding hydrogens is 484 g/mol. The summed E-state index contributed by atoms with van der Waals surface area (Å²) in [7, 11) is 0. The predicted molar refractivity (Wildman–Crippen MR) is 148 cm³/mol. The monoisotopic (exact) mass is 522 g/mol. The highest BCUT2D eigenvalue weighted by molar-refractivity contribution is 5.90. The average Bonchev–Trinajstić information content (AvgIpc) is 3.33. The van der Waals surface area contributed by atoms with Gasteiger partial charge in [0.05, 0.1) is 6.10 Å². The maximum absolute atomic E-state index is 12.1. The second-order valence-electron chi connectivity index (χ2n) is 9.27. The van der Waals surface area contributed by atoms with Crippen LogP contribution in [0.5, 0.6) is 0 Å². The van der Waals surface area contributed by atoms with Crippen molar-refractivity contribution in [2.75, 3.05) is 32.8 Å². The lowest BCUT2D eigenvalue weighted by Crippen LogP contribution is -2.32. The first-order valence-electron chi connectivity index (χ1n) is 12.9. The molecule has 0 bridgehead atoms. The number of carbonyl (C=O) groups is 2. The molecule has 38 heavy (non-hydrogen) atoms. The minimum absolute atomic E-state index is 0.178. The van der Waals surface area contributed by atoms with Crippen molar-refractivity contribution >= 4 is 29.0 Å². The number of aromatic nitrogens is 1. The van der Waals surface area contributed by atoms with Gasteiger partial charge in [-0.1, -0.05) is 42.5 Å². The van der Waals surface area contributed by atoms with Crippen molar-refractivity contribution in [3.63, 3.8) is 0 Å². The van der Waals surface area contributed by atoms with Crippen LogP contribution in [0.25, 0.3) is 17.0 Å². The minimum Gasteiger partial charge on any atom is -0.448 e. The Balaban J connectivity index is 1.54. The van der Waals surface area contributed by atoms with Gasteiger partial charge < -0.3 is 19.8 Å². The van der Waals surface area contributed by atoms with Crippen LogP contribution in [0, 0.1) is 0 Å². The quantitative estimate of drug-likeness (QED) is 0.103. The smallest absolute Gasteiger partial charge is 0.407 e. The summed E-state index contributed by atoms with van der Waals surface area (Å²) in [6.07, 6.45) is 6.29. The molecule has 0 unspecified atom stereocenters. The molecule has 0 fully saturated rings. The van der Waals surface area contributed by atoms with Crippen molar-refractivity contribution in [3.8, 4) is 0 Å². The van der Waals surface area contributed by atoms with Gasteiger partial charge in [-0.3, -0.25) is 14.9 Å². The number of para-hydroxylation sites is 1. The number of carbonyl (C=O) groups excluding carboxylic acids is 2. The van der Waals surface area contributed by atoms with E-state index in [4.69, 9.17) is 14.7 Å². The van der Waals surface area contributed by atoms with Crippen LogP contribution >= 0.6 is 0 Å². The molecule has 0 spiro atoms. The zero-order chi connectivity index (χ0) is 27.2. The number of alkyl carbamates (subject to hydrolysis) is 1. The van der Waals surface area contributed by atoms with Crippen LogP contribution in [0.1, 0.15) is 37.0 Å². The third-order valence-corrected chi connectivity index (χ3v) is 5.98. The summed E-state index contributed by atoms with van der Waals surface area (Å²) >= 11 is 0. The number of aromatic amines is 1. The number of benzene rings is 2. The number of amides is 2. The first-order chi connectivity index (χ1) is 18.4. The van der Waals surface area contributed by atoms with E-state index in [9.17, 15) is 9.59 Å². The molecule has 0 saturated heterocycles. The number of ether oxygens (including phenoxy) is 2. The summed E-state index contributed by atoms with van der Waals surface area (Å²) in [5.74, 6) is -0.578. The van der Waals surface area contributed by atoms with Gasteiger partial charge in [-0.05, 0) is 55.5 Å². The predicted octanol–water partition coefficient (Wildman–Crippen LogP) is 4.27. The van der Waals surface area contributed by atoms with Crippen molar-refractivity contribution in [3.05, 3.63) is 77.5 Å². The van der Waals surface area contributed by atoms with E-state index in [1.165, 1.54) is 17.0 Å². The minimum atomic E-state index is -0.578. The largest absolute Gasteiger partial charge is 0.448 e. The summed E-state index contributed by atoms with van der Waals surface area (Å²) < 4.78 is 10.9. The van der Waals surface area contributed by atoms with Crippen molar-refractivity contribution < 1.29 is 24.3 Å². The van der Waals surface area contributed by atoms with Crippen LogP contribution < -0.4 is 10.8 Å². The van der Waals surface area contributed by atoms with Crippen molar-refractivity contribution in [1.82, 2.24) is 20.7 Å². The van der Waals surface area contributed by atoms with Crippen molar-refractivity contribution in [1.29, 1.82) is 0 Å². The van der Waals surface area contributed by atoms with Crippen LogP contribution in [-0.2, 0) is 27.2 Å². The summed E-state index contributed by atoms with van der Waals surface area (Å²) in [6, 6.07) is 16.1. The fourth-order valence-electron chi connectivity index (χ4n) is 3.99. The zero-order valence-corrected chi connectivity index (χ0v) is 22.1. The van der Waals surface area contributed by atoms with Crippen LogP contribution in [-0.4, -0.2) is 66.0 Å². The van der Waals surface area contributed by atoms with Crippen molar-refractivity contribution in [2.45, 2.75) is 39.3 Å². The van der Waals surface area contributed by atoms with E-state index in [0.717, 1.165) is 36.0 Å². The van der Waals surface area contributed by atoms with Crippen LogP contribution in [0.15, 0.2) is 60.8 Å². The Morgan fingerprint density at radius 2 is 1.87 bits per heavy atom. The molecule has 0 aliphatic carbocycles. The molecule has 0 aliphatic rings. The van der Waals surface area contributed by atoms with Gasteiger partial charge in [0.2, 0.25) is 0 Å². The lowest BCUT2D eigenvalue weighted by atomic mass is 10.1. The van der Waals surface area contributed by atoms with E-state index in [0.29, 0.717) is 26.2 Å². The molecule has 9 nitrogen and oxygen atoms in total. The molecule has 9 heteroatoms. The lowest BCUT2D eigenvalue weighted by molar-refractivity contribution is -0.124. The summed E-state index contributed by atoms with van der Waals surface area (Å²) in [5.41, 5.74) is 5.89. The Kier molecular flexibility index (Phi) is 11.8. The molecule has 4 N–H and O–H groups in total. The van der Waals surface area contributed by atoms with Gasteiger partial charge in [0, 0.05) is 56.0 Å². The second kappa shape index (κ2) is 15.6. The van der Waals surface area contributed by atoms with Gasteiger partial charge in [-0.15, -0.1) is 0 Å². The molecule has 2 aromatic carbocycles. The molecule has 3 rings (SSSR count). The molecule has 0 saturated carbocycles. The number of fused-ring (bicyclic) bond motifs is 1. The highest BCUT2D eigenvalue weighted by Crippen LogP contribution is 2.19. The van der Waals surface area contributed by atoms with Crippen LogP contribution in [0.3, 0.4) is 0 Å². The average molecular weight is 523 g/mol. The first-order valence-corrected chi connectivity index (χ1v) is 12.9. The molecule has 2 amide bonds. The Labute approximate surface area is 223 Å². The van der Waals surface area contributed by atoms with Crippen LogP contribution in [0.2, 0.25) is 0 Å². The molecule has 0 radical (unpaired) electrons. The molecule has 204 valence electrons. The summed E-state index contributed by atoms with van der Waals surface area (Å²) in [5, 5.41) is 12.6. The van der Waals surface area contributed by atoms with E-state index < -0.39 is 12.0 Å². The van der Waals surface area contributed by atoms with E-state index in [-0.39, 0.29) is 12.7 Å². The van der Waals surface area contributed by atoms with E-state index in [1.807, 2.05) is 50.2 Å². The number of hydrogen-bond donors (Lipinski definition) is 4. The molecule has 0 atom stereocenters. The molecular formula is C29H38N4O5. The number of H-pyrrole nitrogens is 1. The third-order valence-electron chi connectivity index (χ3n) is 5.98. The van der Waals surface area contributed by atoms with Crippen LogP contribution in [0.4, 0.5) is 4.79 Å². The van der Waals surface area contributed by atoms with Gasteiger partial charge in [0.15, 0.2) is 0 Å². The summed E-state index contributed by atoms with van der Waals surface area (Å²) in [6.45, 7) is 7.41. The number of hydrogen-bond acceptors (Lipinski definition) is 6. The molecule has 1 aromatic heterocycles. The molecule has 3 aromatic rings. The van der Waals surface area contributed by atoms with Gasteiger partial charge in [-0.2, -0.15) is 0 Å². The van der Waals surface area contributed by atoms with E-state index in [1.54, 1.807) is 11.6 Å². The fraction of sp³-hybridized carbons (Fsp3) is 0.379. The highest BCUT2D eigenvalue weighted by atomic mass is 16.5. The SMILES string of the molecule is CC(C)OCCCNC(=O)OCCN(CCc1c[nH]c2ccccc12)Cc1ccc(/C=C/C(=O)NO)cc1. The lowest BCUT2D eigenvalue weighted by Gasteiger charge is -2.22. The second-order valence-corrected chi connectivity index (χ2v) is 9.27. The van der Waals surface area contributed by atoms with Crippen molar-refractivity contribution in [2.24, 2.45) is 0 Å². The molecule has 1 heterocycles. The summed E-state index contributed by atoms with van der Waals surface area (Å²) in [4.78, 5) is 28.9. The van der Waals surface area contributed by atoms with Gasteiger partial charge in [0.25, 0.3) is 5.91 Å². The number of rotatable bonds is 15. The third kappa shape index (κ3) is 10.0. The Hall–Kier alpha value is -3.66. The first kappa shape index (κ1) is 28.9. The fourth-order valence-corrected chi connectivity index (χ4v) is 3.99. The Morgan fingerprint density at radius 3 is 2.63 bits per heavy atom. The highest BCUT2D eigenvalue weighted by Gasteiger charge is 2.11. The number of nitrogens with one attached hydrogen (secondary N) is 3. The van der Waals surface area contributed by atoms with Gasteiger partial charge in [0.1, 0.15) is 6.61 Å². The molecule has 0 aliphatic heterocycles. The normalized spacial score (nSPS) is 11.5. The topological polar surface area (TPSA) is 116 Å². The van der Waals surface area contributed by atoms with E-state index in [2.05, 4.69) is 33.5 Å². The maximum atomic E-state index is 12.1. The Morgan fingerprint density at radius 1 is 1.08 bits per heavy atom. The Bertz CT molecular complexity index is 1170. The standard InChI is InChI=1S/C29H38N4O5/c1-22(2)37-18-5-15-30-29(35)38-19-17-33(16-14-25-20-31-27-7-4-3-6-26(25)27)21-24-10-8-23(9-11-24)12-13-28(34)32-36/h3-4,6-13,20,22,31,36H,5,14-19,21H2,1-2H3,(H,30,35)(H,32,34)/b13-12+. The van der Waals surface area contributed by atoms with Gasteiger partial charge in [-0.25, -0.2) is 10.3 Å². The van der Waals surface area contributed by atoms with Gasteiger partial charge >= 0.3 is 6.09 Å². The zero-order valence-electron chi connectivity index (χ0n) is 22.1. The maximum Gasteiger partial charge on any atom is 0.407 e. The number of hydroxylamine groups is 1.